The van der Waals surface area contributed by atoms with Crippen LogP contribution in [0.5, 0.6) is 11.5 Å². The van der Waals surface area contributed by atoms with E-state index in [1.165, 1.54) is 35.0 Å². The third kappa shape index (κ3) is 10.5. The van der Waals surface area contributed by atoms with E-state index >= 15 is 0 Å². The van der Waals surface area contributed by atoms with Crippen LogP contribution < -0.4 is 36.5 Å². The van der Waals surface area contributed by atoms with Crippen LogP contribution in [-0.2, 0) is 25.5 Å². The van der Waals surface area contributed by atoms with Gasteiger partial charge in [-0.1, -0.05) is 54.6 Å². The van der Waals surface area contributed by atoms with E-state index in [-0.39, 0.29) is 18.9 Å². The lowest BCUT2D eigenvalue weighted by Crippen LogP contribution is -2.56. The van der Waals surface area contributed by atoms with Crippen LogP contribution in [0.1, 0.15) is 49.8 Å². The van der Waals surface area contributed by atoms with Gasteiger partial charge in [0, 0.05) is 12.3 Å². The summed E-state index contributed by atoms with van der Waals surface area (Å²) in [4.78, 5) is 50.8. The summed E-state index contributed by atoms with van der Waals surface area (Å²) in [5.41, 5.74) is 11.0. The van der Waals surface area contributed by atoms with Crippen LogP contribution in [0.15, 0.2) is 66.7 Å². The van der Waals surface area contributed by atoms with Gasteiger partial charge < -0.3 is 24.3 Å². The number of hydrogen-bond acceptors (Lipinski definition) is 9. The minimum Gasteiger partial charge on any atom is -0.493 e. The topological polar surface area (TPSA) is 165 Å². The maximum absolute atomic E-state index is 13.6. The number of carbonyl (C=O) groups is 4. The molecule has 16 heteroatoms. The fourth-order valence-electron chi connectivity index (χ4n) is 5.39. The summed E-state index contributed by atoms with van der Waals surface area (Å²) in [6.45, 7) is 4.50. The maximum atomic E-state index is 13.6. The molecule has 3 aromatic carbocycles. The zero-order chi connectivity index (χ0) is 37.3. The van der Waals surface area contributed by atoms with Crippen LogP contribution in [0.4, 0.5) is 22.8 Å². The first-order valence-electron chi connectivity index (χ1n) is 15.8. The number of nitrogens with one attached hydrogen (secondary N) is 5. The molecule has 0 aromatic heterocycles. The van der Waals surface area contributed by atoms with Gasteiger partial charge in [0.05, 0.1) is 20.6 Å². The van der Waals surface area contributed by atoms with E-state index in [4.69, 9.17) is 18.9 Å². The first-order chi connectivity index (χ1) is 24.1. The number of fused-ring (bicyclic) bond motifs is 3. The summed E-state index contributed by atoms with van der Waals surface area (Å²) in [6, 6.07) is 16.4. The summed E-state index contributed by atoms with van der Waals surface area (Å²) >= 11 is 0. The number of halogens is 3. The Morgan fingerprint density at radius 1 is 0.784 bits per heavy atom. The second-order valence-electron chi connectivity index (χ2n) is 12.5. The number of methoxy groups -OCH3 is 2. The molecular weight excluding hydrogens is 675 g/mol. The van der Waals surface area contributed by atoms with Gasteiger partial charge in [-0.2, -0.15) is 13.2 Å². The molecule has 0 saturated heterocycles. The zero-order valence-electron chi connectivity index (χ0n) is 28.6. The van der Waals surface area contributed by atoms with Crippen molar-refractivity contribution in [3.63, 3.8) is 0 Å². The minimum absolute atomic E-state index is 0.0511. The molecule has 0 heterocycles. The molecule has 3 aromatic rings. The molecule has 0 aliphatic heterocycles. The number of hydrogen-bond donors (Lipinski definition) is 5. The highest BCUT2D eigenvalue weighted by atomic mass is 19.4. The second kappa shape index (κ2) is 16.5. The Kier molecular flexibility index (Phi) is 12.4. The summed E-state index contributed by atoms with van der Waals surface area (Å²) in [6.07, 6.45) is -8.49. The average Bonchev–Trinajstić information content (AvgIpc) is 3.39. The Hall–Kier alpha value is -5.51. The van der Waals surface area contributed by atoms with Crippen molar-refractivity contribution in [2.24, 2.45) is 0 Å². The monoisotopic (exact) mass is 715 g/mol. The van der Waals surface area contributed by atoms with Crippen molar-refractivity contribution in [1.29, 1.82) is 0 Å². The molecule has 13 nitrogen and oxygen atoms in total. The van der Waals surface area contributed by atoms with E-state index in [9.17, 15) is 32.3 Å². The highest BCUT2D eigenvalue weighted by Gasteiger charge is 2.41. The molecule has 0 bridgehead atoms. The smallest absolute Gasteiger partial charge is 0.422 e. The lowest BCUT2D eigenvalue weighted by Gasteiger charge is -2.24. The SMILES string of the molecule is COc1ccc(C[C@H](NC(=O)OCC2c3ccccc3-c3ccccc32)C(=O)NNC(=O)CC(NNC(=O)OC(C)(C)C)C(F)(F)F)cc1OC. The van der Waals surface area contributed by atoms with E-state index in [2.05, 4.69) is 10.7 Å². The highest BCUT2D eigenvalue weighted by Crippen LogP contribution is 2.44. The van der Waals surface area contributed by atoms with Gasteiger partial charge in [-0.15, -0.1) is 0 Å². The molecule has 5 N–H and O–H groups in total. The van der Waals surface area contributed by atoms with Gasteiger partial charge in [0.2, 0.25) is 5.91 Å². The van der Waals surface area contributed by atoms with Gasteiger partial charge in [0.25, 0.3) is 5.91 Å². The molecule has 1 aliphatic rings. The third-order valence-corrected chi connectivity index (χ3v) is 7.70. The maximum Gasteiger partial charge on any atom is 0.422 e. The van der Waals surface area contributed by atoms with Crippen LogP contribution in [0.25, 0.3) is 11.1 Å². The van der Waals surface area contributed by atoms with E-state index in [0.717, 1.165) is 22.3 Å². The highest BCUT2D eigenvalue weighted by molar-refractivity contribution is 5.88. The molecular formula is C35H40F3N5O8. The van der Waals surface area contributed by atoms with Crippen molar-refractivity contribution in [2.45, 2.75) is 63.4 Å². The Balaban J connectivity index is 1.43. The summed E-state index contributed by atoms with van der Waals surface area (Å²) < 4.78 is 62.0. The zero-order valence-corrected chi connectivity index (χ0v) is 28.6. The molecule has 1 aliphatic carbocycles. The molecule has 0 spiro atoms. The Labute approximate surface area is 292 Å². The summed E-state index contributed by atoms with van der Waals surface area (Å²) in [5, 5.41) is 2.49. The van der Waals surface area contributed by atoms with Crippen molar-refractivity contribution in [2.75, 3.05) is 20.8 Å². The second-order valence-corrected chi connectivity index (χ2v) is 12.5. The van der Waals surface area contributed by atoms with Gasteiger partial charge in [-0.05, 0) is 60.7 Å². The fourth-order valence-corrected chi connectivity index (χ4v) is 5.39. The normalized spacial score (nSPS) is 13.5. The van der Waals surface area contributed by atoms with Gasteiger partial charge in [0.1, 0.15) is 24.3 Å². The van der Waals surface area contributed by atoms with Crippen LogP contribution in [-0.4, -0.2) is 68.7 Å². The van der Waals surface area contributed by atoms with E-state index in [1.54, 1.807) is 29.1 Å². The van der Waals surface area contributed by atoms with Crippen molar-refractivity contribution in [3.8, 4) is 22.6 Å². The lowest BCUT2D eigenvalue weighted by atomic mass is 9.98. The first kappa shape index (κ1) is 38.3. The van der Waals surface area contributed by atoms with Crippen molar-refractivity contribution in [3.05, 3.63) is 83.4 Å². The standard InChI is InChI=1S/C35H40F3N5O8/c1-34(2,3)51-33(47)43-40-29(35(36,37)38)18-30(44)41-42-31(45)26(16-20-14-15-27(48-4)28(17-20)49-5)39-32(46)50-19-25-23-12-8-6-10-21(23)22-11-7-9-13-24(22)25/h6-15,17,25-26,29,40H,16,18-19H2,1-5H3,(H,39,46)(H,41,44)(H,42,45)(H,43,47)/t26-,29?/m0/s1. The van der Waals surface area contributed by atoms with Crippen LogP contribution in [0.2, 0.25) is 0 Å². The lowest BCUT2D eigenvalue weighted by molar-refractivity contribution is -0.164. The van der Waals surface area contributed by atoms with Crippen molar-refractivity contribution < 1.29 is 51.3 Å². The van der Waals surface area contributed by atoms with Gasteiger partial charge in [-0.25, -0.2) is 15.0 Å². The van der Waals surface area contributed by atoms with Gasteiger partial charge >= 0.3 is 18.4 Å². The number of carbonyl (C=O) groups excluding carboxylic acids is 4. The first-order valence-corrected chi connectivity index (χ1v) is 15.8. The number of amides is 4. The Morgan fingerprint density at radius 2 is 1.39 bits per heavy atom. The molecule has 4 amide bonds. The average molecular weight is 716 g/mol. The molecule has 2 atom stereocenters. The Bertz CT molecular complexity index is 1680. The number of benzene rings is 3. The van der Waals surface area contributed by atoms with Crippen molar-refractivity contribution >= 4 is 24.0 Å². The minimum atomic E-state index is -4.97. The third-order valence-electron chi connectivity index (χ3n) is 7.70. The molecule has 1 unspecified atom stereocenters. The van der Waals surface area contributed by atoms with E-state index in [1.807, 2.05) is 54.0 Å². The van der Waals surface area contributed by atoms with Crippen LogP contribution in [0, 0.1) is 0 Å². The quantitative estimate of drug-likeness (QED) is 0.168. The number of rotatable bonds is 12. The molecule has 0 saturated carbocycles. The molecule has 274 valence electrons. The van der Waals surface area contributed by atoms with Gasteiger partial charge in [0.15, 0.2) is 11.5 Å². The van der Waals surface area contributed by atoms with Crippen LogP contribution in [0.3, 0.4) is 0 Å². The predicted molar refractivity (Wildman–Crippen MR) is 178 cm³/mol. The number of ether oxygens (including phenoxy) is 4. The summed E-state index contributed by atoms with van der Waals surface area (Å²) in [7, 11) is 2.87. The molecule has 0 radical (unpaired) electrons. The molecule has 4 rings (SSSR count). The molecule has 0 fully saturated rings. The Morgan fingerprint density at radius 3 is 1.96 bits per heavy atom. The number of alkyl carbamates (subject to hydrolysis) is 1. The largest absolute Gasteiger partial charge is 0.493 e. The van der Waals surface area contributed by atoms with Gasteiger partial charge in [-0.3, -0.25) is 25.9 Å². The fraction of sp³-hybridized carbons (Fsp3) is 0.371. The molecule has 51 heavy (non-hydrogen) atoms. The number of alkyl halides is 3. The summed E-state index contributed by atoms with van der Waals surface area (Å²) in [5.74, 6) is -1.73. The van der Waals surface area contributed by atoms with E-state index < -0.39 is 54.3 Å². The number of hydrazine groups is 2. The van der Waals surface area contributed by atoms with E-state index in [0.29, 0.717) is 17.1 Å². The van der Waals surface area contributed by atoms with Crippen molar-refractivity contribution in [1.82, 2.24) is 27.0 Å². The van der Waals surface area contributed by atoms with Crippen LogP contribution >= 0.6 is 0 Å². The predicted octanol–water partition coefficient (Wildman–Crippen LogP) is 4.65.